The molecule has 3 nitrogen and oxygen atoms in total. The molecule has 0 aromatic heterocycles. The molecule has 2 unspecified atom stereocenters. The van der Waals surface area contributed by atoms with Crippen molar-refractivity contribution in [3.63, 3.8) is 0 Å². The van der Waals surface area contributed by atoms with Gasteiger partial charge in [-0.2, -0.15) is 11.8 Å². The zero-order valence-electron chi connectivity index (χ0n) is 11.7. The van der Waals surface area contributed by atoms with Gasteiger partial charge >= 0.3 is 5.97 Å². The topological polar surface area (TPSA) is 40.5 Å². The lowest BCUT2D eigenvalue weighted by atomic mass is 9.90. The highest BCUT2D eigenvalue weighted by atomic mass is 32.2. The molecule has 3 aliphatic heterocycles. The van der Waals surface area contributed by atoms with E-state index in [1.54, 1.807) is 0 Å². The van der Waals surface area contributed by atoms with Crippen LogP contribution in [-0.2, 0) is 4.79 Å². The number of aliphatic carboxylic acids is 1. The number of thioether (sulfide) groups is 1. The molecule has 1 saturated heterocycles. The zero-order chi connectivity index (χ0) is 14.4. The lowest BCUT2D eigenvalue weighted by Crippen LogP contribution is -2.52. The number of hydrogen-bond acceptors (Lipinski definition) is 3. The van der Waals surface area contributed by atoms with E-state index in [1.807, 2.05) is 23.9 Å². The monoisotopic (exact) mass is 299 g/mol. The standard InChI is InChI=1S/C17H17NO2S/c19-17(20)11-5-6-15-13-4-2-1-3-12(13)14-10-21-8-7-16(14)18(15)9-11/h1-6,11,16H,7-10H2,(H,19,20). The van der Waals surface area contributed by atoms with Crippen molar-refractivity contribution in [2.75, 3.05) is 18.1 Å². The number of rotatable bonds is 1. The minimum Gasteiger partial charge on any atom is -0.481 e. The highest BCUT2D eigenvalue weighted by Crippen LogP contribution is 2.33. The van der Waals surface area contributed by atoms with Gasteiger partial charge in [-0.3, -0.25) is 4.79 Å². The van der Waals surface area contributed by atoms with Gasteiger partial charge < -0.3 is 10.0 Å². The molecule has 1 N–H and O–H groups in total. The minimum absolute atomic E-state index is 0.378. The van der Waals surface area contributed by atoms with Crippen molar-refractivity contribution in [2.45, 2.75) is 12.5 Å². The van der Waals surface area contributed by atoms with E-state index in [1.165, 1.54) is 21.7 Å². The van der Waals surface area contributed by atoms with Crippen molar-refractivity contribution in [3.8, 4) is 0 Å². The van der Waals surface area contributed by atoms with Crippen molar-refractivity contribution in [3.05, 3.63) is 46.9 Å². The summed E-state index contributed by atoms with van der Waals surface area (Å²) in [5.74, 6) is 1.10. The Morgan fingerprint density at radius 1 is 1.29 bits per heavy atom. The van der Waals surface area contributed by atoms with E-state index in [9.17, 15) is 9.90 Å². The summed E-state index contributed by atoms with van der Waals surface area (Å²) in [6, 6.07) is 8.92. The van der Waals surface area contributed by atoms with E-state index in [-0.39, 0.29) is 0 Å². The number of hydrogen-bond donors (Lipinski definition) is 1. The molecule has 0 aliphatic carbocycles. The van der Waals surface area contributed by atoms with Crippen LogP contribution in [-0.4, -0.2) is 40.1 Å². The molecule has 0 spiro atoms. The average Bonchev–Trinajstić information content (AvgIpc) is 2.54. The van der Waals surface area contributed by atoms with Crippen molar-refractivity contribution >= 4 is 29.0 Å². The maximum absolute atomic E-state index is 11.3. The molecule has 2 atom stereocenters. The predicted molar refractivity (Wildman–Crippen MR) is 85.2 cm³/mol. The fourth-order valence-corrected chi connectivity index (χ4v) is 4.71. The van der Waals surface area contributed by atoms with Gasteiger partial charge in [-0.15, -0.1) is 0 Å². The molecule has 4 heteroatoms. The van der Waals surface area contributed by atoms with Gasteiger partial charge in [0.2, 0.25) is 0 Å². The molecule has 0 saturated carbocycles. The number of benzene rings is 1. The third-order valence-corrected chi connectivity index (χ3v) is 5.67. The first-order chi connectivity index (χ1) is 10.3. The SMILES string of the molecule is O=C(O)C1C=CC2=c3ccccc3=C3CSCCC3N2C1. The molecule has 3 heterocycles. The van der Waals surface area contributed by atoms with Crippen LogP contribution in [0.4, 0.5) is 0 Å². The van der Waals surface area contributed by atoms with Gasteiger partial charge in [0.15, 0.2) is 0 Å². The maximum atomic E-state index is 11.3. The fraction of sp³-hybridized carbons (Fsp3) is 0.353. The Morgan fingerprint density at radius 3 is 2.90 bits per heavy atom. The van der Waals surface area contributed by atoms with Gasteiger partial charge in [0.05, 0.1) is 12.0 Å². The van der Waals surface area contributed by atoms with Gasteiger partial charge in [-0.25, -0.2) is 0 Å². The summed E-state index contributed by atoms with van der Waals surface area (Å²) in [7, 11) is 0. The highest BCUT2D eigenvalue weighted by Gasteiger charge is 2.34. The fourth-order valence-electron chi connectivity index (χ4n) is 3.61. The van der Waals surface area contributed by atoms with Crippen LogP contribution in [0.15, 0.2) is 36.4 Å². The van der Waals surface area contributed by atoms with Crippen molar-refractivity contribution < 1.29 is 9.90 Å². The largest absolute Gasteiger partial charge is 0.481 e. The number of carbonyl (C=O) groups is 1. The van der Waals surface area contributed by atoms with E-state index >= 15 is 0 Å². The third-order valence-electron chi connectivity index (χ3n) is 4.63. The van der Waals surface area contributed by atoms with Crippen molar-refractivity contribution in [1.82, 2.24) is 4.90 Å². The molecule has 4 rings (SSSR count). The molecule has 108 valence electrons. The molecule has 1 aromatic rings. The summed E-state index contributed by atoms with van der Waals surface area (Å²) >= 11 is 1.98. The zero-order valence-corrected chi connectivity index (χ0v) is 12.5. The lowest BCUT2D eigenvalue weighted by molar-refractivity contribution is -0.140. The van der Waals surface area contributed by atoms with Crippen LogP contribution in [0.2, 0.25) is 0 Å². The molecule has 1 aromatic carbocycles. The van der Waals surface area contributed by atoms with E-state index < -0.39 is 11.9 Å². The Morgan fingerprint density at radius 2 is 2.10 bits per heavy atom. The van der Waals surface area contributed by atoms with E-state index in [2.05, 4.69) is 29.2 Å². The quantitative estimate of drug-likeness (QED) is 0.841. The summed E-state index contributed by atoms with van der Waals surface area (Å²) < 4.78 is 0. The Kier molecular flexibility index (Phi) is 3.07. The van der Waals surface area contributed by atoms with Gasteiger partial charge in [-0.05, 0) is 29.0 Å². The number of nitrogens with zero attached hydrogens (tertiary/aromatic N) is 1. The van der Waals surface area contributed by atoms with E-state index in [0.29, 0.717) is 12.6 Å². The van der Waals surface area contributed by atoms with Crippen LogP contribution in [0, 0.1) is 5.92 Å². The van der Waals surface area contributed by atoms with Crippen molar-refractivity contribution in [2.24, 2.45) is 5.92 Å². The van der Waals surface area contributed by atoms with Crippen LogP contribution < -0.4 is 10.4 Å². The van der Waals surface area contributed by atoms with Crippen molar-refractivity contribution in [1.29, 1.82) is 0 Å². The highest BCUT2D eigenvalue weighted by molar-refractivity contribution is 7.99. The molecule has 1 fully saturated rings. The molecule has 3 aliphatic rings. The van der Waals surface area contributed by atoms with Gasteiger partial charge in [0.25, 0.3) is 0 Å². The second-order valence-electron chi connectivity index (χ2n) is 5.77. The Balaban J connectivity index is 1.96. The summed E-state index contributed by atoms with van der Waals surface area (Å²) in [5.41, 5.74) is 2.67. The summed E-state index contributed by atoms with van der Waals surface area (Å²) in [6.07, 6.45) is 4.96. The van der Waals surface area contributed by atoms with Gasteiger partial charge in [-0.1, -0.05) is 30.3 Å². The van der Waals surface area contributed by atoms with Crippen LogP contribution in [0.1, 0.15) is 6.42 Å². The first kappa shape index (κ1) is 13.0. The average molecular weight is 299 g/mol. The summed E-state index contributed by atoms with van der Waals surface area (Å²) in [5, 5.41) is 11.9. The lowest BCUT2D eigenvalue weighted by Gasteiger charge is -2.43. The van der Waals surface area contributed by atoms with Crippen LogP contribution >= 0.6 is 11.8 Å². The Labute approximate surface area is 127 Å². The third kappa shape index (κ3) is 2.01. The molecule has 0 radical (unpaired) electrons. The molecule has 0 amide bonds. The van der Waals surface area contributed by atoms with Gasteiger partial charge in [0.1, 0.15) is 0 Å². The molecular weight excluding hydrogens is 282 g/mol. The second-order valence-corrected chi connectivity index (χ2v) is 6.87. The first-order valence-corrected chi connectivity index (χ1v) is 8.49. The minimum atomic E-state index is -0.726. The number of carboxylic acids is 1. The molecule has 21 heavy (non-hydrogen) atoms. The summed E-state index contributed by atoms with van der Waals surface area (Å²) in [6.45, 7) is 0.592. The summed E-state index contributed by atoms with van der Waals surface area (Å²) in [4.78, 5) is 13.7. The normalized spacial score (nSPS) is 27.0. The maximum Gasteiger partial charge on any atom is 0.312 e. The second kappa shape index (κ2) is 4.95. The molecular formula is C17H17NO2S. The number of fused-ring (bicyclic) bond motifs is 4. The van der Waals surface area contributed by atoms with E-state index in [4.69, 9.17) is 0 Å². The van der Waals surface area contributed by atoms with Crippen LogP contribution in [0.3, 0.4) is 0 Å². The Hall–Kier alpha value is -1.68. The first-order valence-electron chi connectivity index (χ1n) is 7.33. The smallest absolute Gasteiger partial charge is 0.312 e. The van der Waals surface area contributed by atoms with E-state index in [0.717, 1.165) is 17.9 Å². The van der Waals surface area contributed by atoms with Crippen LogP contribution in [0.5, 0.6) is 0 Å². The number of carboxylic acid groups (broad SMARTS) is 1. The Bertz CT molecular complexity index is 752. The van der Waals surface area contributed by atoms with Crippen LogP contribution in [0.25, 0.3) is 11.3 Å². The van der Waals surface area contributed by atoms with Gasteiger partial charge in [0, 0.05) is 23.2 Å². The molecule has 0 bridgehead atoms. The predicted octanol–water partition coefficient (Wildman–Crippen LogP) is 1.04.